The van der Waals surface area contributed by atoms with Crippen LogP contribution in [0.5, 0.6) is 5.88 Å². The number of rotatable bonds is 2. The monoisotopic (exact) mass is 255 g/mol. The SMILES string of the molecule is O=C(Nc1nc(O)c2c(n1)[N+]=CN2)c1ccccc1. The van der Waals surface area contributed by atoms with Crippen LogP contribution in [0.1, 0.15) is 10.4 Å². The van der Waals surface area contributed by atoms with Crippen LogP contribution in [0, 0.1) is 0 Å². The summed E-state index contributed by atoms with van der Waals surface area (Å²) in [4.78, 5) is 23.6. The summed E-state index contributed by atoms with van der Waals surface area (Å²) in [5.74, 6) is -0.317. The van der Waals surface area contributed by atoms with Crippen molar-refractivity contribution in [3.63, 3.8) is 0 Å². The predicted octanol–water partition coefficient (Wildman–Crippen LogP) is 0.856. The molecule has 1 aliphatic heterocycles. The minimum Gasteiger partial charge on any atom is -0.490 e. The van der Waals surface area contributed by atoms with Crippen LogP contribution in [0.15, 0.2) is 30.3 Å². The van der Waals surface area contributed by atoms with Gasteiger partial charge < -0.3 is 5.11 Å². The van der Waals surface area contributed by atoms with Gasteiger partial charge >= 0.3 is 11.8 Å². The third-order valence-corrected chi connectivity index (χ3v) is 2.53. The summed E-state index contributed by atoms with van der Waals surface area (Å²) in [6.07, 6.45) is 1.39. The van der Waals surface area contributed by atoms with E-state index in [2.05, 4.69) is 25.6 Å². The Balaban J connectivity index is 1.86. The van der Waals surface area contributed by atoms with Gasteiger partial charge in [0.2, 0.25) is 12.0 Å². The first-order valence-corrected chi connectivity index (χ1v) is 5.50. The first-order valence-electron chi connectivity index (χ1n) is 5.50. The number of fused-ring (bicyclic) bond motifs is 1. The Hall–Kier alpha value is -2.96. The van der Waals surface area contributed by atoms with Gasteiger partial charge in [0.1, 0.15) is 0 Å². The third kappa shape index (κ3) is 2.08. The second kappa shape index (κ2) is 4.37. The Morgan fingerprint density at radius 3 is 2.84 bits per heavy atom. The van der Waals surface area contributed by atoms with Gasteiger partial charge in [-0.05, 0) is 12.1 Å². The molecule has 0 saturated carbocycles. The smallest absolute Gasteiger partial charge is 0.345 e. The Kier molecular flexibility index (Phi) is 2.57. The van der Waals surface area contributed by atoms with Crippen molar-refractivity contribution in [2.45, 2.75) is 0 Å². The van der Waals surface area contributed by atoms with Gasteiger partial charge in [0.25, 0.3) is 11.8 Å². The van der Waals surface area contributed by atoms with Gasteiger partial charge in [-0.15, -0.1) is 0 Å². The Morgan fingerprint density at radius 2 is 2.05 bits per heavy atom. The highest BCUT2D eigenvalue weighted by Gasteiger charge is 2.25. The molecule has 19 heavy (non-hydrogen) atoms. The number of aromatic hydroxyl groups is 1. The van der Waals surface area contributed by atoms with E-state index < -0.39 is 0 Å². The second-order valence-corrected chi connectivity index (χ2v) is 3.79. The van der Waals surface area contributed by atoms with Crippen molar-refractivity contribution < 1.29 is 9.90 Å². The topological polar surface area (TPSA) is 101 Å². The predicted molar refractivity (Wildman–Crippen MR) is 69.6 cm³/mol. The van der Waals surface area contributed by atoms with E-state index in [-0.39, 0.29) is 23.6 Å². The lowest BCUT2D eigenvalue weighted by atomic mass is 10.2. The zero-order chi connectivity index (χ0) is 13.2. The maximum atomic E-state index is 11.9. The second-order valence-electron chi connectivity index (χ2n) is 3.79. The highest BCUT2D eigenvalue weighted by atomic mass is 16.3. The largest absolute Gasteiger partial charge is 0.490 e. The molecule has 0 fully saturated rings. The fourth-order valence-corrected chi connectivity index (χ4v) is 1.64. The molecule has 2 aromatic rings. The molecule has 1 aliphatic rings. The van der Waals surface area contributed by atoms with Gasteiger partial charge in [-0.2, -0.15) is 4.98 Å². The number of aromatic nitrogens is 2. The number of anilines is 2. The molecule has 2 heterocycles. The zero-order valence-corrected chi connectivity index (χ0v) is 9.66. The van der Waals surface area contributed by atoms with Crippen molar-refractivity contribution in [3.8, 4) is 5.88 Å². The lowest BCUT2D eigenvalue weighted by Crippen LogP contribution is -2.14. The molecule has 0 saturated heterocycles. The molecule has 0 spiro atoms. The average Bonchev–Trinajstić information content (AvgIpc) is 2.88. The van der Waals surface area contributed by atoms with E-state index in [4.69, 9.17) is 0 Å². The maximum Gasteiger partial charge on any atom is 0.345 e. The van der Waals surface area contributed by atoms with Gasteiger partial charge in [0.15, 0.2) is 0 Å². The minimum atomic E-state index is -0.352. The Morgan fingerprint density at radius 1 is 1.26 bits per heavy atom. The van der Waals surface area contributed by atoms with Crippen molar-refractivity contribution >= 4 is 29.7 Å². The number of amides is 1. The van der Waals surface area contributed by atoms with Crippen molar-refractivity contribution in [3.05, 3.63) is 35.9 Å². The van der Waals surface area contributed by atoms with Crippen LogP contribution < -0.4 is 15.6 Å². The van der Waals surface area contributed by atoms with Gasteiger partial charge in [0.05, 0.1) is 0 Å². The number of hydrogen-bond acceptors (Lipinski definition) is 6. The summed E-state index contributed by atoms with van der Waals surface area (Å²) in [6.45, 7) is 0. The number of nitrogens with zero attached hydrogens (tertiary/aromatic N) is 3. The third-order valence-electron chi connectivity index (χ3n) is 2.53. The molecule has 1 aromatic heterocycles. The van der Waals surface area contributed by atoms with Crippen LogP contribution in [0.3, 0.4) is 0 Å². The number of carbonyl (C=O) groups excluding carboxylic acids is 1. The summed E-state index contributed by atoms with van der Waals surface area (Å²) in [5.41, 5.74) is 0.811. The molecule has 3 N–H and O–H groups in total. The van der Waals surface area contributed by atoms with E-state index in [0.717, 1.165) is 0 Å². The van der Waals surface area contributed by atoms with E-state index in [1.54, 1.807) is 24.3 Å². The first kappa shape index (κ1) is 11.1. The molecule has 7 heteroatoms. The van der Waals surface area contributed by atoms with Crippen LogP contribution in [0.4, 0.5) is 17.5 Å². The van der Waals surface area contributed by atoms with Crippen LogP contribution >= 0.6 is 0 Å². The number of benzene rings is 1. The van der Waals surface area contributed by atoms with Crippen molar-refractivity contribution in [2.24, 2.45) is 0 Å². The van der Waals surface area contributed by atoms with E-state index in [0.29, 0.717) is 11.3 Å². The van der Waals surface area contributed by atoms with Gasteiger partial charge in [-0.25, -0.2) is 0 Å². The fourth-order valence-electron chi connectivity index (χ4n) is 1.64. The van der Waals surface area contributed by atoms with Gasteiger partial charge in [0, 0.05) is 5.56 Å². The van der Waals surface area contributed by atoms with E-state index in [1.165, 1.54) is 6.34 Å². The highest BCUT2D eigenvalue weighted by Crippen LogP contribution is 2.30. The Labute approximate surface area is 108 Å². The lowest BCUT2D eigenvalue weighted by molar-refractivity contribution is 0.102. The summed E-state index contributed by atoms with van der Waals surface area (Å²) in [6, 6.07) is 8.66. The molecular formula is C12H9N5O2+. The number of nitrogens with one attached hydrogen (secondary N) is 2. The molecule has 0 atom stereocenters. The van der Waals surface area contributed by atoms with Gasteiger partial charge in [-0.3, -0.25) is 15.4 Å². The summed E-state index contributed by atoms with van der Waals surface area (Å²) >= 11 is 0. The molecular weight excluding hydrogens is 246 g/mol. The van der Waals surface area contributed by atoms with Crippen LogP contribution in [-0.4, -0.2) is 27.3 Å². The van der Waals surface area contributed by atoms with Crippen LogP contribution in [0.25, 0.3) is 0 Å². The average molecular weight is 255 g/mol. The fraction of sp³-hybridized carbons (Fsp3) is 0. The molecule has 93 valence electrons. The van der Waals surface area contributed by atoms with Crippen molar-refractivity contribution in [2.75, 3.05) is 10.6 Å². The number of carbonyl (C=O) groups is 1. The summed E-state index contributed by atoms with van der Waals surface area (Å²) in [7, 11) is 0. The van der Waals surface area contributed by atoms with Crippen LogP contribution in [0.2, 0.25) is 0 Å². The van der Waals surface area contributed by atoms with E-state index in [1.807, 2.05) is 6.07 Å². The number of hydrogen-bond donors (Lipinski definition) is 3. The first-order chi connectivity index (χ1) is 9.24. The molecule has 7 nitrogen and oxygen atoms in total. The van der Waals surface area contributed by atoms with Gasteiger partial charge in [-0.1, -0.05) is 28.2 Å². The summed E-state index contributed by atoms with van der Waals surface area (Å²) < 4.78 is 0. The normalized spacial score (nSPS) is 11.8. The zero-order valence-electron chi connectivity index (χ0n) is 9.66. The van der Waals surface area contributed by atoms with E-state index in [9.17, 15) is 9.90 Å². The van der Waals surface area contributed by atoms with E-state index >= 15 is 0 Å². The van der Waals surface area contributed by atoms with Crippen molar-refractivity contribution in [1.82, 2.24) is 15.0 Å². The molecule has 1 radical (unpaired) electrons. The number of aliphatic imine (C=N–C) groups is 1. The standard InChI is InChI=1S/C12H9N5O2/c18-10(7-4-2-1-3-5-7)16-12-15-9-8(11(19)17-12)13-6-14-9/h1-6,13H,(H2,15,16,17,18,19)/q+1. The molecule has 0 aliphatic carbocycles. The quantitative estimate of drug-likeness (QED) is 0.738. The summed E-state index contributed by atoms with van der Waals surface area (Å²) in [5, 5.41) is 14.9. The molecule has 0 unspecified atom stereocenters. The molecule has 1 aromatic carbocycles. The molecule has 3 rings (SSSR count). The Bertz CT molecular complexity index is 669. The highest BCUT2D eigenvalue weighted by molar-refractivity contribution is 6.03. The van der Waals surface area contributed by atoms with Crippen LogP contribution in [-0.2, 0) is 0 Å². The molecule has 0 bridgehead atoms. The molecule has 1 amide bonds. The van der Waals surface area contributed by atoms with Crippen molar-refractivity contribution in [1.29, 1.82) is 0 Å². The lowest BCUT2D eigenvalue weighted by Gasteiger charge is -2.02. The maximum absolute atomic E-state index is 11.9. The minimum absolute atomic E-state index is 0.00551.